The Bertz CT molecular complexity index is 1080. The lowest BCUT2D eigenvalue weighted by molar-refractivity contribution is -0.124. The molecule has 1 saturated heterocycles. The molecule has 31 heavy (non-hydrogen) atoms. The van der Waals surface area contributed by atoms with Gasteiger partial charge < -0.3 is 16.2 Å². The summed E-state index contributed by atoms with van der Waals surface area (Å²) in [6, 6.07) is 9.98. The third kappa shape index (κ3) is 4.22. The summed E-state index contributed by atoms with van der Waals surface area (Å²) in [7, 11) is -3.72. The zero-order valence-electron chi connectivity index (χ0n) is 17.3. The van der Waals surface area contributed by atoms with Crippen LogP contribution in [0.15, 0.2) is 42.5 Å². The van der Waals surface area contributed by atoms with Crippen LogP contribution >= 0.6 is 0 Å². The Morgan fingerprint density at radius 3 is 2.45 bits per heavy atom. The van der Waals surface area contributed by atoms with Gasteiger partial charge in [-0.05, 0) is 43.5 Å². The monoisotopic (exact) mass is 452 g/mol. The molecule has 6 nitrogen and oxygen atoms in total. The van der Waals surface area contributed by atoms with E-state index in [1.54, 1.807) is 37.3 Å². The van der Waals surface area contributed by atoms with Crippen molar-refractivity contribution in [2.24, 2.45) is 5.73 Å². The first-order valence-electron chi connectivity index (χ1n) is 9.92. The van der Waals surface area contributed by atoms with Gasteiger partial charge in [0, 0.05) is 18.2 Å². The summed E-state index contributed by atoms with van der Waals surface area (Å²) in [5.41, 5.74) is 3.61. The molecular formula is C22H26F2N2O4S. The average Bonchev–Trinajstić information content (AvgIpc) is 2.72. The lowest BCUT2D eigenvalue weighted by Crippen LogP contribution is -2.53. The van der Waals surface area contributed by atoms with E-state index >= 15 is 0 Å². The molecule has 9 heteroatoms. The first-order valence-corrected chi connectivity index (χ1v) is 11.5. The molecule has 4 N–H and O–H groups in total. The number of hydrogen-bond acceptors (Lipinski definition) is 5. The van der Waals surface area contributed by atoms with Gasteiger partial charge in [-0.2, -0.15) is 0 Å². The Labute approximate surface area is 180 Å². The van der Waals surface area contributed by atoms with Crippen LogP contribution in [0.5, 0.6) is 0 Å². The van der Waals surface area contributed by atoms with Crippen LogP contribution < -0.4 is 11.1 Å². The molecule has 0 aromatic heterocycles. The van der Waals surface area contributed by atoms with Gasteiger partial charge in [-0.1, -0.05) is 30.3 Å². The third-order valence-electron chi connectivity index (χ3n) is 6.18. The van der Waals surface area contributed by atoms with Crippen molar-refractivity contribution < 1.29 is 27.1 Å². The first kappa shape index (κ1) is 23.3. The number of primary amides is 1. The molecule has 2 aromatic carbocycles. The van der Waals surface area contributed by atoms with Gasteiger partial charge in [0.05, 0.1) is 22.5 Å². The van der Waals surface area contributed by atoms with Crippen LogP contribution in [-0.4, -0.2) is 43.9 Å². The summed E-state index contributed by atoms with van der Waals surface area (Å²) in [6.45, 7) is 2.35. The average molecular weight is 453 g/mol. The molecule has 1 amide bonds. The van der Waals surface area contributed by atoms with Gasteiger partial charge in [0.2, 0.25) is 5.91 Å². The van der Waals surface area contributed by atoms with Gasteiger partial charge in [0.15, 0.2) is 9.84 Å². The van der Waals surface area contributed by atoms with Gasteiger partial charge in [-0.25, -0.2) is 17.2 Å². The summed E-state index contributed by atoms with van der Waals surface area (Å²) in [6.07, 6.45) is -0.241. The summed E-state index contributed by atoms with van der Waals surface area (Å²) < 4.78 is 56.4. The lowest BCUT2D eigenvalue weighted by Gasteiger charge is -2.35. The van der Waals surface area contributed by atoms with E-state index in [9.17, 15) is 27.1 Å². The van der Waals surface area contributed by atoms with E-state index in [1.165, 1.54) is 6.92 Å². The van der Waals surface area contributed by atoms with Crippen molar-refractivity contribution in [2.75, 3.05) is 13.2 Å². The van der Waals surface area contributed by atoms with Crippen molar-refractivity contribution >= 4 is 15.7 Å². The Morgan fingerprint density at radius 1 is 1.23 bits per heavy atom. The van der Waals surface area contributed by atoms with E-state index in [2.05, 4.69) is 5.32 Å². The topological polar surface area (TPSA) is 109 Å². The molecule has 2 aromatic rings. The molecular weight excluding hydrogens is 426 g/mol. The van der Waals surface area contributed by atoms with E-state index in [1.807, 2.05) is 0 Å². The van der Waals surface area contributed by atoms with Crippen LogP contribution in [0.25, 0.3) is 0 Å². The minimum atomic E-state index is -3.72. The molecule has 1 aliphatic rings. The number of hydrogen-bond donors (Lipinski definition) is 3. The minimum Gasteiger partial charge on any atom is -0.395 e. The first-order chi connectivity index (χ1) is 14.5. The van der Waals surface area contributed by atoms with Crippen molar-refractivity contribution in [3.05, 3.63) is 70.8 Å². The summed E-state index contributed by atoms with van der Waals surface area (Å²) in [5, 5.41) is 10.9. The Kier molecular flexibility index (Phi) is 6.50. The number of rotatable bonds is 6. The molecule has 1 unspecified atom stereocenters. The number of benzene rings is 2. The quantitative estimate of drug-likeness (QED) is 0.619. The number of amides is 1. The zero-order chi connectivity index (χ0) is 23.0. The molecule has 0 radical (unpaired) electrons. The van der Waals surface area contributed by atoms with Gasteiger partial charge in [-0.15, -0.1) is 0 Å². The molecule has 0 saturated carbocycles. The highest BCUT2D eigenvalue weighted by molar-refractivity contribution is 7.92. The second kappa shape index (κ2) is 8.64. The van der Waals surface area contributed by atoms with Gasteiger partial charge in [-0.3, -0.25) is 4.79 Å². The van der Waals surface area contributed by atoms with Crippen LogP contribution in [-0.2, 0) is 26.5 Å². The highest BCUT2D eigenvalue weighted by Gasteiger charge is 2.43. The Balaban J connectivity index is 1.97. The molecule has 0 spiro atoms. The van der Waals surface area contributed by atoms with Gasteiger partial charge in [0.25, 0.3) is 0 Å². The smallest absolute Gasteiger partial charge is 0.230 e. The lowest BCUT2D eigenvalue weighted by atomic mass is 9.81. The van der Waals surface area contributed by atoms with Crippen molar-refractivity contribution in [1.82, 2.24) is 5.32 Å². The van der Waals surface area contributed by atoms with Crippen molar-refractivity contribution in [2.45, 2.75) is 42.2 Å². The molecule has 168 valence electrons. The van der Waals surface area contributed by atoms with E-state index < -0.39 is 55.9 Å². The molecule has 0 bridgehead atoms. The second-order valence-corrected chi connectivity index (χ2v) is 10.6. The summed E-state index contributed by atoms with van der Waals surface area (Å²) >= 11 is 0. The Hall–Kier alpha value is -2.36. The standard InChI is InChI=1S/C22H26F2N2O4S/c1-13-19(31(29,30)20(11-26-13)14-6-4-3-5-7-14)9-15-8-18(24)16(10-17(15)23)22(2,12-27)21(25)28/h3-8,10,13,19-20,26-27H,9,11-12H2,1-2H3,(H2,25,28)/t13-,19?,20-,22+/m0/s1. The fourth-order valence-corrected chi connectivity index (χ4v) is 6.35. The van der Waals surface area contributed by atoms with Crippen molar-refractivity contribution in [3.8, 4) is 0 Å². The molecule has 1 heterocycles. The third-order valence-corrected chi connectivity index (χ3v) is 8.84. The minimum absolute atomic E-state index is 0.123. The number of nitrogens with two attached hydrogens (primary N) is 1. The normalized spacial score (nSPS) is 25.0. The van der Waals surface area contributed by atoms with Crippen LogP contribution in [0.1, 0.15) is 35.8 Å². The molecule has 4 atom stereocenters. The highest BCUT2D eigenvalue weighted by Crippen LogP contribution is 2.34. The maximum absolute atomic E-state index is 14.9. The number of halogens is 2. The Morgan fingerprint density at radius 2 is 1.87 bits per heavy atom. The van der Waals surface area contributed by atoms with Crippen LogP contribution in [0, 0.1) is 11.6 Å². The van der Waals surface area contributed by atoms with Gasteiger partial charge >= 0.3 is 0 Å². The predicted molar refractivity (Wildman–Crippen MR) is 113 cm³/mol. The summed E-state index contributed by atoms with van der Waals surface area (Å²) in [4.78, 5) is 11.7. The largest absolute Gasteiger partial charge is 0.395 e. The van der Waals surface area contributed by atoms with Crippen LogP contribution in [0.2, 0.25) is 0 Å². The molecule has 3 rings (SSSR count). The van der Waals surface area contributed by atoms with Crippen LogP contribution in [0.4, 0.5) is 8.78 Å². The number of carbonyl (C=O) groups excluding carboxylic acids is 1. The van der Waals surface area contributed by atoms with Crippen molar-refractivity contribution in [1.29, 1.82) is 0 Å². The molecule has 1 aliphatic heterocycles. The van der Waals surface area contributed by atoms with E-state index in [-0.39, 0.29) is 24.1 Å². The van der Waals surface area contributed by atoms with E-state index in [4.69, 9.17) is 5.73 Å². The fourth-order valence-electron chi connectivity index (χ4n) is 3.98. The molecule has 0 aliphatic carbocycles. The summed E-state index contributed by atoms with van der Waals surface area (Å²) in [5.74, 6) is -2.79. The van der Waals surface area contributed by atoms with Crippen molar-refractivity contribution in [3.63, 3.8) is 0 Å². The number of sulfone groups is 1. The SMILES string of the molecule is C[C@@H]1NC[C@@H](c2ccccc2)S(=O)(=O)C1Cc1cc(F)c([C@@](C)(CO)C(N)=O)cc1F. The van der Waals surface area contributed by atoms with E-state index in [0.29, 0.717) is 5.56 Å². The highest BCUT2D eigenvalue weighted by atomic mass is 32.2. The molecule has 1 fully saturated rings. The number of carbonyl (C=O) groups is 1. The van der Waals surface area contributed by atoms with Crippen LogP contribution in [0.3, 0.4) is 0 Å². The number of nitrogens with one attached hydrogen (secondary N) is 1. The maximum Gasteiger partial charge on any atom is 0.230 e. The zero-order valence-corrected chi connectivity index (χ0v) is 18.1. The number of aliphatic hydroxyl groups excluding tert-OH is 1. The van der Waals surface area contributed by atoms with E-state index in [0.717, 1.165) is 12.1 Å². The number of aliphatic hydroxyl groups is 1. The second-order valence-electron chi connectivity index (χ2n) is 8.21. The maximum atomic E-state index is 14.9. The predicted octanol–water partition coefficient (Wildman–Crippen LogP) is 1.76. The van der Waals surface area contributed by atoms with Gasteiger partial charge in [0.1, 0.15) is 11.6 Å². The fraction of sp³-hybridized carbons (Fsp3) is 0.409.